The molecular weight excluding hydrogens is 438 g/mol. The van der Waals surface area contributed by atoms with E-state index >= 15 is 0 Å². The molecule has 0 N–H and O–H groups in total. The Morgan fingerprint density at radius 3 is 2.00 bits per heavy atom. The van der Waals surface area contributed by atoms with Crippen molar-refractivity contribution in [2.24, 2.45) is 0 Å². The van der Waals surface area contributed by atoms with E-state index in [-0.39, 0.29) is 12.2 Å². The van der Waals surface area contributed by atoms with Crippen LogP contribution in [0.3, 0.4) is 0 Å². The highest BCUT2D eigenvalue weighted by atomic mass is 16.6. The van der Waals surface area contributed by atoms with Gasteiger partial charge < -0.3 is 19.1 Å². The SMILES string of the molecule is CCCCOc1c2ccccc2c(OCCCC)c2cc(C(C)OC(=O)N3CCCCC3)ccc12. The molecule has 1 aliphatic heterocycles. The number of amides is 1. The van der Waals surface area contributed by atoms with E-state index in [1.54, 1.807) is 0 Å². The summed E-state index contributed by atoms with van der Waals surface area (Å²) in [6.45, 7) is 9.18. The molecular formula is C30H39NO4. The van der Waals surface area contributed by atoms with Gasteiger partial charge in [-0.3, -0.25) is 0 Å². The maximum atomic E-state index is 12.7. The van der Waals surface area contributed by atoms with Crippen LogP contribution in [0.4, 0.5) is 4.79 Å². The first-order valence-electron chi connectivity index (χ1n) is 13.3. The second kappa shape index (κ2) is 12.1. The fraction of sp³-hybridized carbons (Fsp3) is 0.500. The van der Waals surface area contributed by atoms with Crippen molar-refractivity contribution < 1.29 is 19.0 Å². The average molecular weight is 478 g/mol. The third-order valence-electron chi connectivity index (χ3n) is 6.80. The van der Waals surface area contributed by atoms with Crippen LogP contribution in [0.5, 0.6) is 11.5 Å². The molecule has 0 aromatic heterocycles. The lowest BCUT2D eigenvalue weighted by atomic mass is 9.97. The minimum atomic E-state index is -0.353. The molecule has 1 atom stereocenters. The Morgan fingerprint density at radius 1 is 0.829 bits per heavy atom. The molecule has 1 amide bonds. The Labute approximate surface area is 209 Å². The van der Waals surface area contributed by atoms with Crippen molar-refractivity contribution in [2.45, 2.75) is 71.8 Å². The molecule has 3 aromatic carbocycles. The first kappa shape index (κ1) is 25.2. The van der Waals surface area contributed by atoms with Gasteiger partial charge in [0.2, 0.25) is 0 Å². The van der Waals surface area contributed by atoms with E-state index in [2.05, 4.69) is 38.1 Å². The van der Waals surface area contributed by atoms with Crippen LogP contribution in [0.15, 0.2) is 42.5 Å². The number of nitrogens with zero attached hydrogens (tertiary/aromatic N) is 1. The van der Waals surface area contributed by atoms with Crippen molar-refractivity contribution in [2.75, 3.05) is 26.3 Å². The molecule has 0 radical (unpaired) electrons. The highest BCUT2D eigenvalue weighted by Crippen LogP contribution is 2.44. The number of likely N-dealkylation sites (tertiary alicyclic amines) is 1. The molecule has 5 heteroatoms. The summed E-state index contributed by atoms with van der Waals surface area (Å²) < 4.78 is 18.6. The third kappa shape index (κ3) is 5.83. The summed E-state index contributed by atoms with van der Waals surface area (Å²) in [6.07, 6.45) is 6.85. The maximum Gasteiger partial charge on any atom is 0.410 e. The minimum Gasteiger partial charge on any atom is -0.492 e. The van der Waals surface area contributed by atoms with Crippen LogP contribution in [-0.4, -0.2) is 37.3 Å². The fourth-order valence-corrected chi connectivity index (χ4v) is 4.69. The summed E-state index contributed by atoms with van der Waals surface area (Å²) in [5.74, 6) is 1.78. The number of hydrogen-bond donors (Lipinski definition) is 0. The van der Waals surface area contributed by atoms with Crippen LogP contribution in [0, 0.1) is 0 Å². The summed E-state index contributed by atoms with van der Waals surface area (Å²) in [7, 11) is 0. The quantitative estimate of drug-likeness (QED) is 0.219. The fourth-order valence-electron chi connectivity index (χ4n) is 4.69. The van der Waals surface area contributed by atoms with Gasteiger partial charge in [-0.1, -0.05) is 63.1 Å². The lowest BCUT2D eigenvalue weighted by Crippen LogP contribution is -2.36. The topological polar surface area (TPSA) is 48.0 Å². The normalized spacial score (nSPS) is 14.8. The summed E-state index contributed by atoms with van der Waals surface area (Å²) >= 11 is 0. The van der Waals surface area contributed by atoms with E-state index in [9.17, 15) is 4.79 Å². The predicted octanol–water partition coefficient (Wildman–Crippen LogP) is 8.03. The zero-order valence-corrected chi connectivity index (χ0v) is 21.5. The molecule has 1 unspecified atom stereocenters. The Morgan fingerprint density at radius 2 is 1.40 bits per heavy atom. The first-order chi connectivity index (χ1) is 17.1. The monoisotopic (exact) mass is 477 g/mol. The van der Waals surface area contributed by atoms with Gasteiger partial charge in [0.1, 0.15) is 17.6 Å². The summed E-state index contributed by atoms with van der Waals surface area (Å²) in [6, 6.07) is 14.6. The van der Waals surface area contributed by atoms with Crippen LogP contribution >= 0.6 is 0 Å². The number of carbonyl (C=O) groups is 1. The number of hydrogen-bond acceptors (Lipinski definition) is 4. The molecule has 1 saturated heterocycles. The molecule has 0 saturated carbocycles. The van der Waals surface area contributed by atoms with Crippen molar-refractivity contribution in [1.82, 2.24) is 4.90 Å². The Kier molecular flexibility index (Phi) is 8.73. The largest absolute Gasteiger partial charge is 0.492 e. The van der Waals surface area contributed by atoms with Gasteiger partial charge in [0.05, 0.1) is 13.2 Å². The van der Waals surface area contributed by atoms with Crippen LogP contribution in [-0.2, 0) is 4.74 Å². The second-order valence-electron chi connectivity index (χ2n) is 9.49. The van der Waals surface area contributed by atoms with E-state index < -0.39 is 0 Å². The number of piperidine rings is 1. The van der Waals surface area contributed by atoms with Crippen LogP contribution in [0.1, 0.15) is 77.4 Å². The van der Waals surface area contributed by atoms with Gasteiger partial charge in [-0.15, -0.1) is 0 Å². The van der Waals surface area contributed by atoms with E-state index in [4.69, 9.17) is 14.2 Å². The van der Waals surface area contributed by atoms with E-state index in [0.717, 1.165) is 90.2 Å². The molecule has 3 aromatic rings. The highest BCUT2D eigenvalue weighted by Gasteiger charge is 2.22. The predicted molar refractivity (Wildman–Crippen MR) is 143 cm³/mol. The molecule has 35 heavy (non-hydrogen) atoms. The van der Waals surface area contributed by atoms with Crippen LogP contribution in [0.2, 0.25) is 0 Å². The smallest absolute Gasteiger partial charge is 0.410 e. The molecule has 1 aliphatic rings. The molecule has 188 valence electrons. The molecule has 0 spiro atoms. The summed E-state index contributed by atoms with van der Waals surface area (Å²) in [5, 5.41) is 4.16. The van der Waals surface area contributed by atoms with Gasteiger partial charge in [-0.25, -0.2) is 4.79 Å². The van der Waals surface area contributed by atoms with E-state index in [1.165, 1.54) is 6.42 Å². The number of fused-ring (bicyclic) bond motifs is 2. The van der Waals surface area contributed by atoms with Gasteiger partial charge in [0.15, 0.2) is 0 Å². The minimum absolute atomic E-state index is 0.223. The molecule has 1 heterocycles. The van der Waals surface area contributed by atoms with Crippen molar-refractivity contribution in [3.8, 4) is 11.5 Å². The van der Waals surface area contributed by atoms with Gasteiger partial charge >= 0.3 is 6.09 Å². The average Bonchev–Trinajstić information content (AvgIpc) is 2.90. The molecule has 0 aliphatic carbocycles. The van der Waals surface area contributed by atoms with E-state index in [1.807, 2.05) is 30.0 Å². The van der Waals surface area contributed by atoms with Gasteiger partial charge in [-0.2, -0.15) is 0 Å². The Hall–Kier alpha value is -2.95. The second-order valence-corrected chi connectivity index (χ2v) is 9.49. The lowest BCUT2D eigenvalue weighted by molar-refractivity contribution is 0.0643. The molecule has 0 bridgehead atoms. The summed E-state index contributed by atoms with van der Waals surface area (Å²) in [4.78, 5) is 14.5. The number of unbranched alkanes of at least 4 members (excludes halogenated alkanes) is 2. The van der Waals surface area contributed by atoms with Crippen molar-refractivity contribution in [3.63, 3.8) is 0 Å². The molecule has 4 rings (SSSR count). The molecule has 5 nitrogen and oxygen atoms in total. The standard InChI is InChI=1S/C30H39NO4/c1-4-6-19-33-28-24-13-9-10-14-25(24)29(34-20-7-5-2)27-21-23(15-16-26(27)28)22(3)35-30(32)31-17-11-8-12-18-31/h9-10,13-16,21-22H,4-8,11-12,17-20H2,1-3H3. The van der Waals surface area contributed by atoms with Crippen LogP contribution in [0.25, 0.3) is 21.5 Å². The lowest BCUT2D eigenvalue weighted by Gasteiger charge is -2.27. The van der Waals surface area contributed by atoms with Gasteiger partial charge in [0, 0.05) is 34.6 Å². The first-order valence-corrected chi connectivity index (χ1v) is 13.3. The van der Waals surface area contributed by atoms with Crippen molar-refractivity contribution in [1.29, 1.82) is 0 Å². The Bertz CT molecular complexity index is 1140. The molecule has 1 fully saturated rings. The van der Waals surface area contributed by atoms with Crippen LogP contribution < -0.4 is 9.47 Å². The highest BCUT2D eigenvalue weighted by molar-refractivity contribution is 6.11. The van der Waals surface area contributed by atoms with E-state index in [0.29, 0.717) is 13.2 Å². The van der Waals surface area contributed by atoms with Crippen molar-refractivity contribution in [3.05, 3.63) is 48.0 Å². The summed E-state index contributed by atoms with van der Waals surface area (Å²) in [5.41, 5.74) is 0.956. The maximum absolute atomic E-state index is 12.7. The zero-order valence-electron chi connectivity index (χ0n) is 21.5. The zero-order chi connectivity index (χ0) is 24.6. The number of ether oxygens (including phenoxy) is 3. The number of benzene rings is 3. The third-order valence-corrected chi connectivity index (χ3v) is 6.80. The number of rotatable bonds is 10. The van der Waals surface area contributed by atoms with Gasteiger partial charge in [0.25, 0.3) is 0 Å². The number of carbonyl (C=O) groups excluding carboxylic acids is 1. The van der Waals surface area contributed by atoms with Gasteiger partial charge in [-0.05, 0) is 50.7 Å². The van der Waals surface area contributed by atoms with Crippen molar-refractivity contribution >= 4 is 27.6 Å². The Balaban J connectivity index is 1.74.